The van der Waals surface area contributed by atoms with Gasteiger partial charge < -0.3 is 5.11 Å². The van der Waals surface area contributed by atoms with Crippen molar-refractivity contribution in [2.45, 2.75) is 64.7 Å². The highest BCUT2D eigenvalue weighted by atomic mass is 16.3. The summed E-state index contributed by atoms with van der Waals surface area (Å²) in [5.41, 5.74) is 5.60. The molecule has 0 spiro atoms. The smallest absolute Gasteiger partial charge is 0.170 e. The van der Waals surface area contributed by atoms with Crippen LogP contribution in [-0.2, 0) is 11.2 Å². The fourth-order valence-electron chi connectivity index (χ4n) is 4.71. The van der Waals surface area contributed by atoms with Crippen molar-refractivity contribution < 1.29 is 9.90 Å². The molecular formula is C21H26O2. The van der Waals surface area contributed by atoms with Gasteiger partial charge in [0.1, 0.15) is 5.76 Å². The molecule has 0 bridgehead atoms. The van der Waals surface area contributed by atoms with Crippen molar-refractivity contribution in [1.82, 2.24) is 0 Å². The number of carbonyl (C=O) groups is 1. The van der Waals surface area contributed by atoms with E-state index in [4.69, 9.17) is 0 Å². The first-order chi connectivity index (χ1) is 11.1. The third kappa shape index (κ3) is 2.34. The van der Waals surface area contributed by atoms with Crippen molar-refractivity contribution in [2.24, 2.45) is 11.8 Å². The van der Waals surface area contributed by atoms with Gasteiger partial charge in [-0.3, -0.25) is 4.79 Å². The van der Waals surface area contributed by atoms with E-state index in [1.165, 1.54) is 29.5 Å². The summed E-state index contributed by atoms with van der Waals surface area (Å²) in [5, 5.41) is 10.9. The van der Waals surface area contributed by atoms with E-state index in [0.717, 1.165) is 37.7 Å². The second-order valence-corrected chi connectivity index (χ2v) is 7.64. The predicted molar refractivity (Wildman–Crippen MR) is 92.5 cm³/mol. The number of aryl methyl sites for hydroxylation is 2. The number of ketones is 1. The zero-order valence-corrected chi connectivity index (χ0v) is 14.2. The molecule has 1 N–H and O–H groups in total. The highest BCUT2D eigenvalue weighted by Crippen LogP contribution is 2.50. The standard InChI is InChI=1S/C21H26O2/c1-3-13-10-12(2)11-17(14-8-9-14)18(13)19-20(22)15-6-4-5-7-16(15)21(19)23/h10-11,14-16,22H,3-9H2,1-2H3/t15-,16-/m0/s1. The van der Waals surface area contributed by atoms with Gasteiger partial charge in [-0.2, -0.15) is 0 Å². The number of hydrogen-bond donors (Lipinski definition) is 1. The Morgan fingerprint density at radius 2 is 1.78 bits per heavy atom. The van der Waals surface area contributed by atoms with Gasteiger partial charge in [0, 0.05) is 11.8 Å². The quantitative estimate of drug-likeness (QED) is 0.844. The molecule has 0 unspecified atom stereocenters. The van der Waals surface area contributed by atoms with Crippen LogP contribution in [0.3, 0.4) is 0 Å². The maximum absolute atomic E-state index is 13.1. The van der Waals surface area contributed by atoms with Crippen LogP contribution in [0.4, 0.5) is 0 Å². The van der Waals surface area contributed by atoms with E-state index in [1.54, 1.807) is 0 Å². The van der Waals surface area contributed by atoms with Crippen LogP contribution in [0, 0.1) is 18.8 Å². The number of fused-ring (bicyclic) bond motifs is 1. The SMILES string of the molecule is CCc1cc(C)cc(C2CC2)c1C1=C(O)[C@H]2CCCC[C@@H]2C1=O. The van der Waals surface area contributed by atoms with Gasteiger partial charge in [0.15, 0.2) is 5.78 Å². The fraction of sp³-hybridized carbons (Fsp3) is 0.571. The minimum absolute atomic E-state index is 0.0387. The first-order valence-electron chi connectivity index (χ1n) is 9.23. The second kappa shape index (κ2) is 5.51. The Labute approximate surface area is 138 Å². The molecule has 2 saturated carbocycles. The minimum atomic E-state index is 0.0387. The van der Waals surface area contributed by atoms with Gasteiger partial charge >= 0.3 is 0 Å². The molecule has 4 rings (SSSR count). The van der Waals surface area contributed by atoms with Gasteiger partial charge in [-0.25, -0.2) is 0 Å². The molecule has 2 fully saturated rings. The van der Waals surface area contributed by atoms with E-state index >= 15 is 0 Å². The maximum atomic E-state index is 13.1. The highest BCUT2D eigenvalue weighted by Gasteiger charge is 2.45. The average molecular weight is 310 g/mol. The number of allylic oxidation sites excluding steroid dienone is 2. The number of Topliss-reactive ketones (excluding diaryl/α,β-unsaturated/α-hetero) is 1. The number of hydrogen-bond acceptors (Lipinski definition) is 2. The molecule has 3 aliphatic carbocycles. The first-order valence-corrected chi connectivity index (χ1v) is 9.23. The van der Waals surface area contributed by atoms with Gasteiger partial charge in [0.2, 0.25) is 0 Å². The van der Waals surface area contributed by atoms with Gasteiger partial charge in [0.05, 0.1) is 5.57 Å². The molecule has 0 heterocycles. The molecule has 122 valence electrons. The van der Waals surface area contributed by atoms with Crippen molar-refractivity contribution in [2.75, 3.05) is 0 Å². The van der Waals surface area contributed by atoms with Gasteiger partial charge in [-0.15, -0.1) is 0 Å². The number of rotatable bonds is 3. The van der Waals surface area contributed by atoms with E-state index in [9.17, 15) is 9.90 Å². The van der Waals surface area contributed by atoms with Crippen molar-refractivity contribution in [1.29, 1.82) is 0 Å². The first kappa shape index (κ1) is 15.0. The molecule has 1 aromatic rings. The topological polar surface area (TPSA) is 37.3 Å². The lowest BCUT2D eigenvalue weighted by Crippen LogP contribution is -2.21. The molecule has 0 aromatic heterocycles. The normalized spacial score (nSPS) is 27.5. The molecule has 0 saturated heterocycles. The van der Waals surface area contributed by atoms with E-state index in [1.807, 2.05) is 0 Å². The summed E-state index contributed by atoms with van der Waals surface area (Å²) in [4.78, 5) is 13.1. The summed E-state index contributed by atoms with van der Waals surface area (Å²) in [5.74, 6) is 1.33. The summed E-state index contributed by atoms with van der Waals surface area (Å²) in [7, 11) is 0. The van der Waals surface area contributed by atoms with Crippen LogP contribution < -0.4 is 0 Å². The lowest BCUT2D eigenvalue weighted by molar-refractivity contribution is -0.118. The van der Waals surface area contributed by atoms with Crippen LogP contribution in [0.2, 0.25) is 0 Å². The Morgan fingerprint density at radius 1 is 1.09 bits per heavy atom. The number of benzene rings is 1. The van der Waals surface area contributed by atoms with Gasteiger partial charge in [-0.05, 0) is 61.6 Å². The zero-order valence-electron chi connectivity index (χ0n) is 14.2. The number of aliphatic hydroxyl groups excluding tert-OH is 1. The van der Waals surface area contributed by atoms with Crippen molar-refractivity contribution in [3.8, 4) is 0 Å². The molecule has 2 heteroatoms. The van der Waals surface area contributed by atoms with E-state index in [0.29, 0.717) is 17.3 Å². The van der Waals surface area contributed by atoms with Crippen LogP contribution in [0.1, 0.15) is 73.6 Å². The highest BCUT2D eigenvalue weighted by molar-refractivity contribution is 6.25. The van der Waals surface area contributed by atoms with Crippen LogP contribution in [0.5, 0.6) is 0 Å². The largest absolute Gasteiger partial charge is 0.511 e. The summed E-state index contributed by atoms with van der Waals surface area (Å²) in [6.07, 6.45) is 7.52. The van der Waals surface area contributed by atoms with Crippen molar-refractivity contribution in [3.63, 3.8) is 0 Å². The Balaban J connectivity index is 1.89. The van der Waals surface area contributed by atoms with Crippen LogP contribution in [-0.4, -0.2) is 10.9 Å². The second-order valence-electron chi connectivity index (χ2n) is 7.64. The van der Waals surface area contributed by atoms with Gasteiger partial charge in [-0.1, -0.05) is 37.5 Å². The Bertz CT molecular complexity index is 694. The lowest BCUT2D eigenvalue weighted by atomic mass is 9.80. The fourth-order valence-corrected chi connectivity index (χ4v) is 4.71. The maximum Gasteiger partial charge on any atom is 0.170 e. The van der Waals surface area contributed by atoms with Crippen molar-refractivity contribution >= 4 is 11.4 Å². The molecule has 3 aliphatic rings. The zero-order chi connectivity index (χ0) is 16.1. The van der Waals surface area contributed by atoms with Gasteiger partial charge in [0.25, 0.3) is 0 Å². The van der Waals surface area contributed by atoms with E-state index < -0.39 is 0 Å². The molecule has 2 atom stereocenters. The Kier molecular flexibility index (Phi) is 3.59. The van der Waals surface area contributed by atoms with E-state index in [2.05, 4.69) is 26.0 Å². The number of aliphatic hydroxyl groups is 1. The summed E-state index contributed by atoms with van der Waals surface area (Å²) < 4.78 is 0. The summed E-state index contributed by atoms with van der Waals surface area (Å²) in [6, 6.07) is 4.46. The molecule has 23 heavy (non-hydrogen) atoms. The third-order valence-electron chi connectivity index (χ3n) is 6.00. The van der Waals surface area contributed by atoms with E-state index in [-0.39, 0.29) is 17.6 Å². The third-order valence-corrected chi connectivity index (χ3v) is 6.00. The Morgan fingerprint density at radius 3 is 2.39 bits per heavy atom. The molecule has 0 radical (unpaired) electrons. The predicted octanol–water partition coefficient (Wildman–Crippen LogP) is 5.09. The molecule has 2 nitrogen and oxygen atoms in total. The van der Waals surface area contributed by atoms with Crippen LogP contribution in [0.25, 0.3) is 5.57 Å². The average Bonchev–Trinajstić information content (AvgIpc) is 3.37. The Hall–Kier alpha value is -1.57. The monoisotopic (exact) mass is 310 g/mol. The summed E-state index contributed by atoms with van der Waals surface area (Å²) >= 11 is 0. The van der Waals surface area contributed by atoms with Crippen molar-refractivity contribution in [3.05, 3.63) is 40.1 Å². The minimum Gasteiger partial charge on any atom is -0.511 e. The van der Waals surface area contributed by atoms with Crippen LogP contribution in [0.15, 0.2) is 17.9 Å². The number of carbonyl (C=O) groups excluding carboxylic acids is 1. The molecule has 0 aliphatic heterocycles. The summed E-state index contributed by atoms with van der Waals surface area (Å²) in [6.45, 7) is 4.29. The molecule has 1 aromatic carbocycles. The lowest BCUT2D eigenvalue weighted by Gasteiger charge is -2.23. The molecular weight excluding hydrogens is 284 g/mol. The molecule has 0 amide bonds. The van der Waals surface area contributed by atoms with Crippen LogP contribution >= 0.6 is 0 Å².